The van der Waals surface area contributed by atoms with E-state index in [9.17, 15) is 5.11 Å². The second-order valence-electron chi connectivity index (χ2n) is 6.09. The molecule has 0 spiro atoms. The lowest BCUT2D eigenvalue weighted by atomic mass is 9.95. The summed E-state index contributed by atoms with van der Waals surface area (Å²) in [4.78, 5) is 2.33. The van der Waals surface area contributed by atoms with Crippen LogP contribution in [0.25, 0.3) is 0 Å². The fourth-order valence-corrected chi connectivity index (χ4v) is 2.72. The van der Waals surface area contributed by atoms with E-state index in [4.69, 9.17) is 10.5 Å². The number of β-amino-alcohol motifs (C(OH)–C–C–N with tert-alkyl or cyclic N) is 1. The Morgan fingerprint density at radius 3 is 2.90 bits per heavy atom. The first kappa shape index (κ1) is 15.1. The average molecular weight is 278 g/mol. The molecule has 112 valence electrons. The fraction of sp³-hybridized carbons (Fsp3) is 0.625. The topological polar surface area (TPSA) is 58.7 Å². The van der Waals surface area contributed by atoms with Crippen LogP contribution < -0.4 is 10.5 Å². The van der Waals surface area contributed by atoms with Crippen molar-refractivity contribution in [2.24, 2.45) is 11.8 Å². The molecule has 2 rings (SSSR count). The summed E-state index contributed by atoms with van der Waals surface area (Å²) in [5, 5.41) is 10.1. The largest absolute Gasteiger partial charge is 0.491 e. The van der Waals surface area contributed by atoms with Gasteiger partial charge in [-0.3, -0.25) is 0 Å². The first-order valence-electron chi connectivity index (χ1n) is 7.43. The van der Waals surface area contributed by atoms with Gasteiger partial charge in [0.15, 0.2) is 0 Å². The molecule has 4 heteroatoms. The van der Waals surface area contributed by atoms with E-state index < -0.39 is 6.10 Å². The van der Waals surface area contributed by atoms with E-state index >= 15 is 0 Å². The van der Waals surface area contributed by atoms with Crippen molar-refractivity contribution in [3.63, 3.8) is 0 Å². The molecule has 1 aromatic carbocycles. The SMILES string of the molecule is CC(C)C1CCN(CC(O)COc2cccc(N)c2)C1. The molecular weight excluding hydrogens is 252 g/mol. The van der Waals surface area contributed by atoms with Crippen molar-refractivity contribution in [2.75, 3.05) is 32.0 Å². The highest BCUT2D eigenvalue weighted by Crippen LogP contribution is 2.23. The Hall–Kier alpha value is -1.26. The number of anilines is 1. The molecule has 2 unspecified atom stereocenters. The number of likely N-dealkylation sites (tertiary alicyclic amines) is 1. The lowest BCUT2D eigenvalue weighted by Gasteiger charge is -2.21. The summed E-state index contributed by atoms with van der Waals surface area (Å²) < 4.78 is 5.58. The molecular formula is C16H26N2O2. The predicted molar refractivity (Wildman–Crippen MR) is 81.7 cm³/mol. The Kier molecular flexibility index (Phi) is 5.26. The number of ether oxygens (including phenoxy) is 1. The lowest BCUT2D eigenvalue weighted by Crippen LogP contribution is -2.34. The van der Waals surface area contributed by atoms with Gasteiger partial charge >= 0.3 is 0 Å². The van der Waals surface area contributed by atoms with Gasteiger partial charge in [-0.1, -0.05) is 19.9 Å². The van der Waals surface area contributed by atoms with Gasteiger partial charge in [0.05, 0.1) is 0 Å². The highest BCUT2D eigenvalue weighted by molar-refractivity contribution is 5.43. The minimum atomic E-state index is -0.456. The molecule has 2 atom stereocenters. The highest BCUT2D eigenvalue weighted by Gasteiger charge is 2.26. The minimum absolute atomic E-state index is 0.312. The molecule has 1 aromatic rings. The van der Waals surface area contributed by atoms with Gasteiger partial charge in [0, 0.05) is 24.8 Å². The number of benzene rings is 1. The normalized spacial score (nSPS) is 21.3. The molecule has 0 aliphatic carbocycles. The molecule has 20 heavy (non-hydrogen) atoms. The third-order valence-corrected chi connectivity index (χ3v) is 4.02. The standard InChI is InChI=1S/C16H26N2O2/c1-12(2)13-6-7-18(9-13)10-15(19)11-20-16-5-3-4-14(17)8-16/h3-5,8,12-13,15,19H,6-7,9-11,17H2,1-2H3. The maximum atomic E-state index is 10.1. The third kappa shape index (κ3) is 4.39. The van der Waals surface area contributed by atoms with Crippen LogP contribution in [-0.2, 0) is 0 Å². The molecule has 3 N–H and O–H groups in total. The molecule has 4 nitrogen and oxygen atoms in total. The van der Waals surface area contributed by atoms with Gasteiger partial charge in [-0.15, -0.1) is 0 Å². The van der Waals surface area contributed by atoms with Crippen LogP contribution in [0.5, 0.6) is 5.75 Å². The number of rotatable bonds is 6. The number of nitrogens with zero attached hydrogens (tertiary/aromatic N) is 1. The van der Waals surface area contributed by atoms with Crippen LogP contribution in [0.2, 0.25) is 0 Å². The molecule has 0 saturated carbocycles. The van der Waals surface area contributed by atoms with Crippen molar-refractivity contribution >= 4 is 5.69 Å². The smallest absolute Gasteiger partial charge is 0.121 e. The first-order chi connectivity index (χ1) is 9.54. The number of hydrogen-bond acceptors (Lipinski definition) is 4. The van der Waals surface area contributed by atoms with Crippen LogP contribution in [-0.4, -0.2) is 42.4 Å². The van der Waals surface area contributed by atoms with Crippen LogP contribution in [0, 0.1) is 11.8 Å². The minimum Gasteiger partial charge on any atom is -0.491 e. The van der Waals surface area contributed by atoms with Crippen molar-refractivity contribution in [1.82, 2.24) is 4.90 Å². The van der Waals surface area contributed by atoms with E-state index in [1.807, 2.05) is 18.2 Å². The van der Waals surface area contributed by atoms with Crippen molar-refractivity contribution in [3.8, 4) is 5.75 Å². The van der Waals surface area contributed by atoms with E-state index in [1.54, 1.807) is 6.07 Å². The lowest BCUT2D eigenvalue weighted by molar-refractivity contribution is 0.0740. The summed E-state index contributed by atoms with van der Waals surface area (Å²) in [6.45, 7) is 7.71. The summed E-state index contributed by atoms with van der Waals surface area (Å²) in [6.07, 6.45) is 0.780. The summed E-state index contributed by atoms with van der Waals surface area (Å²) >= 11 is 0. The maximum Gasteiger partial charge on any atom is 0.121 e. The number of nitrogen functional groups attached to an aromatic ring is 1. The molecule has 0 bridgehead atoms. The Morgan fingerprint density at radius 1 is 1.45 bits per heavy atom. The van der Waals surface area contributed by atoms with E-state index in [1.165, 1.54) is 6.42 Å². The van der Waals surface area contributed by atoms with Gasteiger partial charge < -0.3 is 20.5 Å². The third-order valence-electron chi connectivity index (χ3n) is 4.02. The Morgan fingerprint density at radius 2 is 2.25 bits per heavy atom. The first-order valence-corrected chi connectivity index (χ1v) is 7.43. The second-order valence-corrected chi connectivity index (χ2v) is 6.09. The highest BCUT2D eigenvalue weighted by atomic mass is 16.5. The molecule has 0 amide bonds. The predicted octanol–water partition coefficient (Wildman–Crippen LogP) is 1.99. The zero-order chi connectivity index (χ0) is 14.5. The fourth-order valence-electron chi connectivity index (χ4n) is 2.72. The zero-order valence-corrected chi connectivity index (χ0v) is 12.5. The summed E-state index contributed by atoms with van der Waals surface area (Å²) in [7, 11) is 0. The van der Waals surface area contributed by atoms with Gasteiger partial charge in [0.1, 0.15) is 18.5 Å². The maximum absolute atomic E-state index is 10.1. The Balaban J connectivity index is 1.72. The van der Waals surface area contributed by atoms with Gasteiger partial charge in [0.25, 0.3) is 0 Å². The van der Waals surface area contributed by atoms with Crippen molar-refractivity contribution in [1.29, 1.82) is 0 Å². The average Bonchev–Trinajstić information content (AvgIpc) is 2.85. The molecule has 1 fully saturated rings. The molecule has 0 radical (unpaired) electrons. The van der Waals surface area contributed by atoms with Gasteiger partial charge in [-0.05, 0) is 36.9 Å². The Labute approximate surface area is 121 Å². The van der Waals surface area contributed by atoms with Gasteiger partial charge in [0.2, 0.25) is 0 Å². The molecule has 1 aliphatic rings. The monoisotopic (exact) mass is 278 g/mol. The van der Waals surface area contributed by atoms with Gasteiger partial charge in [-0.2, -0.15) is 0 Å². The van der Waals surface area contributed by atoms with Crippen LogP contribution in [0.15, 0.2) is 24.3 Å². The number of hydrogen-bond donors (Lipinski definition) is 2. The number of aliphatic hydroxyl groups excluding tert-OH is 1. The molecule has 1 aliphatic heterocycles. The van der Waals surface area contributed by atoms with Crippen molar-refractivity contribution in [2.45, 2.75) is 26.4 Å². The van der Waals surface area contributed by atoms with Gasteiger partial charge in [-0.25, -0.2) is 0 Å². The molecule has 1 heterocycles. The molecule has 0 aromatic heterocycles. The number of aliphatic hydroxyl groups is 1. The van der Waals surface area contributed by atoms with Crippen LogP contribution in [0.1, 0.15) is 20.3 Å². The van der Waals surface area contributed by atoms with E-state index in [0.29, 0.717) is 24.6 Å². The van der Waals surface area contributed by atoms with Crippen molar-refractivity contribution in [3.05, 3.63) is 24.3 Å². The zero-order valence-electron chi connectivity index (χ0n) is 12.5. The van der Waals surface area contributed by atoms with E-state index in [2.05, 4.69) is 18.7 Å². The van der Waals surface area contributed by atoms with E-state index in [-0.39, 0.29) is 0 Å². The van der Waals surface area contributed by atoms with Crippen molar-refractivity contribution < 1.29 is 9.84 Å². The summed E-state index contributed by atoms with van der Waals surface area (Å²) in [5.41, 5.74) is 6.37. The second kappa shape index (κ2) is 6.95. The Bertz CT molecular complexity index is 423. The molecule has 1 saturated heterocycles. The quantitative estimate of drug-likeness (QED) is 0.781. The van der Waals surface area contributed by atoms with Crippen LogP contribution in [0.4, 0.5) is 5.69 Å². The summed E-state index contributed by atoms with van der Waals surface area (Å²) in [6, 6.07) is 7.30. The van der Waals surface area contributed by atoms with Crippen LogP contribution in [0.3, 0.4) is 0 Å². The summed E-state index contributed by atoms with van der Waals surface area (Å²) in [5.74, 6) is 2.20. The van der Waals surface area contributed by atoms with Crippen LogP contribution >= 0.6 is 0 Å². The van der Waals surface area contributed by atoms with E-state index in [0.717, 1.165) is 24.9 Å². The number of nitrogens with two attached hydrogens (primary N) is 1.